The van der Waals surface area contributed by atoms with Crippen LogP contribution in [0.5, 0.6) is 5.75 Å². The Balaban J connectivity index is 1.80. The van der Waals surface area contributed by atoms with Crippen LogP contribution in [0.3, 0.4) is 0 Å². The fourth-order valence-corrected chi connectivity index (χ4v) is 4.04. The summed E-state index contributed by atoms with van der Waals surface area (Å²) in [5.41, 5.74) is 0.839. The standard InChI is InChI=1S/C17H16Cl2N2O2S2/c1-24-25-15-5-4-11(6-14(15)23-9-10-2-3-10)17(22)21-16-12(18)7-20-8-13(16)19/h4-8,10H,2-3,9H2,1H3,(H,20,21,22). The molecule has 0 radical (unpaired) electrons. The highest BCUT2D eigenvalue weighted by Gasteiger charge is 2.23. The number of hydrogen-bond donors (Lipinski definition) is 1. The van der Waals surface area contributed by atoms with E-state index in [1.807, 2.05) is 12.3 Å². The van der Waals surface area contributed by atoms with E-state index >= 15 is 0 Å². The number of hydrogen-bond acceptors (Lipinski definition) is 5. The van der Waals surface area contributed by atoms with Crippen LogP contribution in [0.1, 0.15) is 23.2 Å². The van der Waals surface area contributed by atoms with Crippen molar-refractivity contribution in [3.8, 4) is 5.75 Å². The quantitative estimate of drug-likeness (QED) is 0.580. The van der Waals surface area contributed by atoms with Gasteiger partial charge in [0.05, 0.1) is 27.2 Å². The van der Waals surface area contributed by atoms with Crippen LogP contribution in [0.4, 0.5) is 5.69 Å². The zero-order valence-electron chi connectivity index (χ0n) is 13.4. The van der Waals surface area contributed by atoms with E-state index in [1.165, 1.54) is 25.2 Å². The Hall–Kier alpha value is -1.08. The van der Waals surface area contributed by atoms with Crippen LogP contribution < -0.4 is 10.1 Å². The van der Waals surface area contributed by atoms with E-state index in [0.29, 0.717) is 33.8 Å². The molecule has 0 saturated heterocycles. The number of carbonyl (C=O) groups is 1. The van der Waals surface area contributed by atoms with Gasteiger partial charge in [0.25, 0.3) is 5.91 Å². The van der Waals surface area contributed by atoms with E-state index in [-0.39, 0.29) is 5.91 Å². The number of nitrogens with zero attached hydrogens (tertiary/aromatic N) is 1. The molecule has 1 heterocycles. The summed E-state index contributed by atoms with van der Waals surface area (Å²) in [6.45, 7) is 0.690. The van der Waals surface area contributed by atoms with Gasteiger partial charge < -0.3 is 10.1 Å². The van der Waals surface area contributed by atoms with Crippen LogP contribution in [-0.4, -0.2) is 23.8 Å². The number of pyridine rings is 1. The van der Waals surface area contributed by atoms with E-state index in [1.54, 1.807) is 33.7 Å². The van der Waals surface area contributed by atoms with Gasteiger partial charge in [-0.3, -0.25) is 9.78 Å². The predicted molar refractivity (Wildman–Crippen MR) is 106 cm³/mol. The topological polar surface area (TPSA) is 51.2 Å². The number of benzene rings is 1. The Morgan fingerprint density at radius 3 is 2.68 bits per heavy atom. The summed E-state index contributed by atoms with van der Waals surface area (Å²) in [6.07, 6.45) is 7.30. The summed E-state index contributed by atoms with van der Waals surface area (Å²) in [4.78, 5) is 17.5. The second-order valence-electron chi connectivity index (χ2n) is 5.60. The van der Waals surface area contributed by atoms with Gasteiger partial charge >= 0.3 is 0 Å². The van der Waals surface area contributed by atoms with Crippen LogP contribution in [-0.2, 0) is 0 Å². The molecule has 0 atom stereocenters. The molecule has 1 fully saturated rings. The molecule has 2 aromatic rings. The first-order valence-corrected chi connectivity index (χ1v) is 11.0. The number of anilines is 1. The van der Waals surface area contributed by atoms with Gasteiger partial charge in [0.2, 0.25) is 0 Å². The Bertz CT molecular complexity index is 765. The predicted octanol–water partition coefficient (Wildman–Crippen LogP) is 5.80. The lowest BCUT2D eigenvalue weighted by molar-refractivity contribution is 0.102. The molecule has 132 valence electrons. The summed E-state index contributed by atoms with van der Waals surface area (Å²) >= 11 is 12.1. The van der Waals surface area contributed by atoms with Crippen molar-refractivity contribution < 1.29 is 9.53 Å². The molecule has 8 heteroatoms. The van der Waals surface area contributed by atoms with Crippen LogP contribution in [0.25, 0.3) is 0 Å². The van der Waals surface area contributed by atoms with Crippen molar-refractivity contribution in [3.63, 3.8) is 0 Å². The molecular weight excluding hydrogens is 399 g/mol. The number of amides is 1. The average molecular weight is 415 g/mol. The van der Waals surface area contributed by atoms with Crippen molar-refractivity contribution in [1.29, 1.82) is 0 Å². The molecule has 4 nitrogen and oxygen atoms in total. The molecular formula is C17H16Cl2N2O2S2. The molecule has 1 aliphatic rings. The van der Waals surface area contributed by atoms with Crippen LogP contribution in [0, 0.1) is 5.92 Å². The monoisotopic (exact) mass is 414 g/mol. The number of nitrogens with one attached hydrogen (secondary N) is 1. The maximum Gasteiger partial charge on any atom is 0.255 e. The fraction of sp³-hybridized carbons (Fsp3) is 0.294. The second kappa shape index (κ2) is 8.54. The van der Waals surface area contributed by atoms with E-state index in [0.717, 1.165) is 10.6 Å². The van der Waals surface area contributed by atoms with Crippen molar-refractivity contribution in [2.45, 2.75) is 17.7 Å². The van der Waals surface area contributed by atoms with E-state index < -0.39 is 0 Å². The first-order valence-electron chi connectivity index (χ1n) is 7.66. The lowest BCUT2D eigenvalue weighted by Gasteiger charge is -2.13. The molecule has 1 aromatic carbocycles. The normalized spacial score (nSPS) is 13.6. The van der Waals surface area contributed by atoms with Crippen molar-refractivity contribution in [2.75, 3.05) is 18.2 Å². The fourth-order valence-electron chi connectivity index (χ4n) is 2.13. The number of aromatic nitrogens is 1. The molecule has 0 aliphatic heterocycles. The van der Waals surface area contributed by atoms with Gasteiger partial charge in [-0.1, -0.05) is 44.8 Å². The highest BCUT2D eigenvalue weighted by molar-refractivity contribution is 8.76. The third kappa shape index (κ3) is 4.97. The Morgan fingerprint density at radius 1 is 1.32 bits per heavy atom. The summed E-state index contributed by atoms with van der Waals surface area (Å²) in [6, 6.07) is 5.42. The highest BCUT2D eigenvalue weighted by atomic mass is 35.5. The average Bonchev–Trinajstić information content (AvgIpc) is 3.42. The Morgan fingerprint density at radius 2 is 2.04 bits per heavy atom. The van der Waals surface area contributed by atoms with Gasteiger partial charge in [0.15, 0.2) is 0 Å². The molecule has 1 amide bonds. The third-order valence-electron chi connectivity index (χ3n) is 3.64. The molecule has 25 heavy (non-hydrogen) atoms. The number of rotatable bonds is 7. The minimum absolute atomic E-state index is 0.292. The zero-order valence-corrected chi connectivity index (χ0v) is 16.6. The van der Waals surface area contributed by atoms with Gasteiger partial charge in [0.1, 0.15) is 5.75 Å². The molecule has 1 saturated carbocycles. The molecule has 1 N–H and O–H groups in total. The summed E-state index contributed by atoms with van der Waals surface area (Å²) in [7, 11) is 3.25. The first kappa shape index (κ1) is 18.7. The van der Waals surface area contributed by atoms with Crippen LogP contribution in [0.15, 0.2) is 35.5 Å². The van der Waals surface area contributed by atoms with Crippen LogP contribution >= 0.6 is 44.8 Å². The Labute approximate surface area is 164 Å². The van der Waals surface area contributed by atoms with Crippen molar-refractivity contribution in [1.82, 2.24) is 4.98 Å². The second-order valence-corrected chi connectivity index (χ2v) is 8.85. The minimum atomic E-state index is -0.299. The maximum atomic E-state index is 12.6. The van der Waals surface area contributed by atoms with Crippen molar-refractivity contribution in [3.05, 3.63) is 46.2 Å². The van der Waals surface area contributed by atoms with Crippen LogP contribution in [0.2, 0.25) is 10.0 Å². The zero-order chi connectivity index (χ0) is 17.8. The largest absolute Gasteiger partial charge is 0.492 e. The lowest BCUT2D eigenvalue weighted by atomic mass is 10.2. The number of ether oxygens (including phenoxy) is 1. The van der Waals surface area contributed by atoms with Gasteiger partial charge in [-0.15, -0.1) is 0 Å². The highest BCUT2D eigenvalue weighted by Crippen LogP contribution is 2.38. The minimum Gasteiger partial charge on any atom is -0.492 e. The summed E-state index contributed by atoms with van der Waals surface area (Å²) in [5.74, 6) is 1.07. The van der Waals surface area contributed by atoms with Gasteiger partial charge in [-0.2, -0.15) is 0 Å². The van der Waals surface area contributed by atoms with Crippen molar-refractivity contribution in [2.24, 2.45) is 5.92 Å². The van der Waals surface area contributed by atoms with Gasteiger partial charge in [-0.25, -0.2) is 0 Å². The molecule has 0 unspecified atom stereocenters. The number of halogens is 2. The van der Waals surface area contributed by atoms with Gasteiger partial charge in [0, 0.05) is 18.0 Å². The molecule has 0 spiro atoms. The molecule has 1 aliphatic carbocycles. The molecule has 3 rings (SSSR count). The van der Waals surface area contributed by atoms with Crippen molar-refractivity contribution >= 4 is 56.4 Å². The summed E-state index contributed by atoms with van der Waals surface area (Å²) in [5, 5.41) is 3.32. The van der Waals surface area contributed by atoms with E-state index in [9.17, 15) is 4.79 Å². The smallest absolute Gasteiger partial charge is 0.255 e. The van der Waals surface area contributed by atoms with E-state index in [2.05, 4.69) is 10.3 Å². The van der Waals surface area contributed by atoms with Gasteiger partial charge in [-0.05, 0) is 43.2 Å². The Kier molecular flexibility index (Phi) is 6.39. The first-order chi connectivity index (χ1) is 12.1. The maximum absolute atomic E-state index is 12.6. The molecule has 0 bridgehead atoms. The van der Waals surface area contributed by atoms with E-state index in [4.69, 9.17) is 27.9 Å². The lowest BCUT2D eigenvalue weighted by Crippen LogP contribution is -2.13. The summed E-state index contributed by atoms with van der Waals surface area (Å²) < 4.78 is 5.93. The third-order valence-corrected chi connectivity index (χ3v) is 5.94. The number of carbonyl (C=O) groups excluding carboxylic acids is 1. The SMILES string of the molecule is CSSc1ccc(C(=O)Nc2c(Cl)cncc2Cl)cc1OCC1CC1. The molecule has 1 aromatic heterocycles.